The van der Waals surface area contributed by atoms with Crippen LogP contribution in [0.1, 0.15) is 34.8 Å². The summed E-state index contributed by atoms with van der Waals surface area (Å²) in [5.74, 6) is 5.81. The van der Waals surface area contributed by atoms with Gasteiger partial charge in [0.15, 0.2) is 0 Å². The van der Waals surface area contributed by atoms with Crippen LogP contribution in [0.25, 0.3) is 0 Å². The lowest BCUT2D eigenvalue weighted by molar-refractivity contribution is 0.0574. The van der Waals surface area contributed by atoms with Gasteiger partial charge in [0.25, 0.3) is 5.91 Å². The molecule has 0 saturated carbocycles. The second-order valence-corrected chi connectivity index (χ2v) is 5.38. The molecule has 2 rings (SSSR count). The van der Waals surface area contributed by atoms with E-state index in [4.69, 9.17) is 10.5 Å². The highest BCUT2D eigenvalue weighted by atomic mass is 16.5. The Bertz CT molecular complexity index is 586. The second-order valence-electron chi connectivity index (χ2n) is 5.38. The third kappa shape index (κ3) is 3.44. The molecule has 2 N–H and O–H groups in total. The smallest absolute Gasteiger partial charge is 0.254 e. The first kappa shape index (κ1) is 15.6. The van der Waals surface area contributed by atoms with E-state index in [0.717, 1.165) is 17.5 Å². The summed E-state index contributed by atoms with van der Waals surface area (Å²) < 4.78 is 5.55. The Balaban J connectivity index is 2.25. The van der Waals surface area contributed by atoms with E-state index in [1.807, 2.05) is 39.1 Å². The second kappa shape index (κ2) is 6.75. The fourth-order valence-corrected chi connectivity index (χ4v) is 2.65. The van der Waals surface area contributed by atoms with E-state index in [1.54, 1.807) is 4.90 Å². The van der Waals surface area contributed by atoms with Gasteiger partial charge in [-0.2, -0.15) is 0 Å². The van der Waals surface area contributed by atoms with Crippen LogP contribution in [0.2, 0.25) is 0 Å². The van der Waals surface area contributed by atoms with Crippen molar-refractivity contribution in [1.29, 1.82) is 0 Å². The molecule has 4 heteroatoms. The van der Waals surface area contributed by atoms with E-state index in [-0.39, 0.29) is 18.1 Å². The molecule has 1 saturated heterocycles. The topological polar surface area (TPSA) is 55.6 Å². The van der Waals surface area contributed by atoms with Crippen LogP contribution in [0.15, 0.2) is 18.2 Å². The van der Waals surface area contributed by atoms with Crippen LogP contribution in [0.3, 0.4) is 0 Å². The minimum absolute atomic E-state index is 0.0197. The van der Waals surface area contributed by atoms with Crippen LogP contribution in [0.4, 0.5) is 0 Å². The Labute approximate surface area is 126 Å². The van der Waals surface area contributed by atoms with Gasteiger partial charge in [0.1, 0.15) is 0 Å². The summed E-state index contributed by atoms with van der Waals surface area (Å²) in [6.07, 6.45) is 0.967. The first-order valence-electron chi connectivity index (χ1n) is 7.23. The fourth-order valence-electron chi connectivity index (χ4n) is 2.65. The average molecular weight is 286 g/mol. The van der Waals surface area contributed by atoms with E-state index in [1.165, 1.54) is 0 Å². The number of hydrogen-bond acceptors (Lipinski definition) is 3. The molecule has 0 spiro atoms. The number of aryl methyl sites for hydroxylation is 1. The van der Waals surface area contributed by atoms with Crippen molar-refractivity contribution in [3.63, 3.8) is 0 Å². The van der Waals surface area contributed by atoms with Crippen LogP contribution in [0.5, 0.6) is 0 Å². The average Bonchev–Trinajstić information content (AvgIpc) is 2.91. The van der Waals surface area contributed by atoms with Crippen molar-refractivity contribution in [2.24, 2.45) is 5.73 Å². The molecule has 0 aromatic heterocycles. The molecule has 2 unspecified atom stereocenters. The van der Waals surface area contributed by atoms with Gasteiger partial charge in [0, 0.05) is 24.8 Å². The van der Waals surface area contributed by atoms with Crippen molar-refractivity contribution >= 4 is 5.91 Å². The minimum Gasteiger partial charge on any atom is -0.376 e. The summed E-state index contributed by atoms with van der Waals surface area (Å²) >= 11 is 0. The molecule has 21 heavy (non-hydrogen) atoms. The van der Waals surface area contributed by atoms with Gasteiger partial charge in [-0.25, -0.2) is 0 Å². The molecule has 1 aliphatic rings. The third-order valence-electron chi connectivity index (χ3n) is 3.96. The molecule has 4 nitrogen and oxygen atoms in total. The highest BCUT2D eigenvalue weighted by Gasteiger charge is 2.31. The first-order valence-corrected chi connectivity index (χ1v) is 7.23. The fraction of sp³-hybridized carbons (Fsp3) is 0.471. The standard InChI is InChI=1S/C17H22N2O2/c1-12-6-7-14(5-4-9-18)11-15(12)17(20)19(3)16-8-10-21-13(16)2/h6-7,11,13,16H,8-10,18H2,1-3H3. The van der Waals surface area contributed by atoms with Crippen LogP contribution in [-0.2, 0) is 4.74 Å². The minimum atomic E-state index is 0.0197. The van der Waals surface area contributed by atoms with Gasteiger partial charge < -0.3 is 15.4 Å². The maximum Gasteiger partial charge on any atom is 0.254 e. The number of carbonyl (C=O) groups excluding carboxylic acids is 1. The quantitative estimate of drug-likeness (QED) is 0.839. The van der Waals surface area contributed by atoms with Crippen LogP contribution in [-0.4, -0.2) is 43.2 Å². The molecule has 1 aromatic rings. The Morgan fingerprint density at radius 2 is 2.29 bits per heavy atom. The summed E-state index contributed by atoms with van der Waals surface area (Å²) in [5, 5.41) is 0. The largest absolute Gasteiger partial charge is 0.376 e. The molecule has 112 valence electrons. The molecule has 1 aromatic carbocycles. The Morgan fingerprint density at radius 1 is 1.52 bits per heavy atom. The number of rotatable bonds is 2. The van der Waals surface area contributed by atoms with Crippen LogP contribution < -0.4 is 5.73 Å². The predicted molar refractivity (Wildman–Crippen MR) is 83.0 cm³/mol. The zero-order chi connectivity index (χ0) is 15.4. The van der Waals surface area contributed by atoms with Gasteiger partial charge in [-0.3, -0.25) is 4.79 Å². The zero-order valence-electron chi connectivity index (χ0n) is 12.8. The molecule has 0 bridgehead atoms. The van der Waals surface area contributed by atoms with Gasteiger partial charge in [-0.1, -0.05) is 17.9 Å². The lowest BCUT2D eigenvalue weighted by atomic mass is 10.0. The number of benzene rings is 1. The maximum atomic E-state index is 12.7. The predicted octanol–water partition coefficient (Wildman–Crippen LogP) is 1.55. The number of nitrogens with two attached hydrogens (primary N) is 1. The van der Waals surface area contributed by atoms with Crippen molar-refractivity contribution in [1.82, 2.24) is 4.90 Å². The third-order valence-corrected chi connectivity index (χ3v) is 3.96. The monoisotopic (exact) mass is 286 g/mol. The molecule has 1 amide bonds. The number of nitrogens with zero attached hydrogens (tertiary/aromatic N) is 1. The van der Waals surface area contributed by atoms with Crippen molar-refractivity contribution in [3.8, 4) is 11.8 Å². The molecule has 2 atom stereocenters. The van der Waals surface area contributed by atoms with E-state index < -0.39 is 0 Å². The van der Waals surface area contributed by atoms with Crippen LogP contribution in [0, 0.1) is 18.8 Å². The van der Waals surface area contributed by atoms with E-state index in [9.17, 15) is 4.79 Å². The van der Waals surface area contributed by atoms with Gasteiger partial charge in [0.2, 0.25) is 0 Å². The number of carbonyl (C=O) groups is 1. The molecule has 0 aliphatic carbocycles. The molecular weight excluding hydrogens is 264 g/mol. The summed E-state index contributed by atoms with van der Waals surface area (Å²) in [6, 6.07) is 5.82. The van der Waals surface area contributed by atoms with E-state index in [2.05, 4.69) is 11.8 Å². The van der Waals surface area contributed by atoms with Crippen LogP contribution >= 0.6 is 0 Å². The van der Waals surface area contributed by atoms with E-state index in [0.29, 0.717) is 18.7 Å². The highest BCUT2D eigenvalue weighted by molar-refractivity contribution is 5.96. The molecular formula is C17H22N2O2. The number of amides is 1. The van der Waals surface area contributed by atoms with Gasteiger partial charge >= 0.3 is 0 Å². The summed E-state index contributed by atoms with van der Waals surface area (Å²) in [5.41, 5.74) is 7.86. The van der Waals surface area contributed by atoms with Gasteiger partial charge in [-0.05, 0) is 38.0 Å². The van der Waals surface area contributed by atoms with E-state index >= 15 is 0 Å². The van der Waals surface area contributed by atoms with Crippen molar-refractivity contribution in [2.75, 3.05) is 20.2 Å². The SMILES string of the molecule is Cc1ccc(C#CCN)cc1C(=O)N(C)C1CCOC1C. The Hall–Kier alpha value is -1.83. The summed E-state index contributed by atoms with van der Waals surface area (Å²) in [7, 11) is 1.84. The lowest BCUT2D eigenvalue weighted by Crippen LogP contribution is -2.41. The maximum absolute atomic E-state index is 12.7. The summed E-state index contributed by atoms with van der Waals surface area (Å²) in [4.78, 5) is 14.5. The van der Waals surface area contributed by atoms with Crippen molar-refractivity contribution in [2.45, 2.75) is 32.4 Å². The molecule has 1 fully saturated rings. The lowest BCUT2D eigenvalue weighted by Gasteiger charge is -2.27. The van der Waals surface area contributed by atoms with Crippen molar-refractivity contribution < 1.29 is 9.53 Å². The molecule has 1 heterocycles. The van der Waals surface area contributed by atoms with Crippen molar-refractivity contribution in [3.05, 3.63) is 34.9 Å². The first-order chi connectivity index (χ1) is 10.0. The Kier molecular flexibility index (Phi) is 5.00. The Morgan fingerprint density at radius 3 is 2.90 bits per heavy atom. The number of likely N-dealkylation sites (N-methyl/N-ethyl adjacent to an activating group) is 1. The molecule has 1 aliphatic heterocycles. The molecule has 0 radical (unpaired) electrons. The van der Waals surface area contributed by atoms with Gasteiger partial charge in [0.05, 0.1) is 18.7 Å². The zero-order valence-corrected chi connectivity index (χ0v) is 12.8. The number of ether oxygens (including phenoxy) is 1. The summed E-state index contributed by atoms with van der Waals surface area (Å²) in [6.45, 7) is 4.98. The normalized spacial score (nSPS) is 20.8. The number of hydrogen-bond donors (Lipinski definition) is 1. The highest BCUT2D eigenvalue weighted by Crippen LogP contribution is 2.21. The van der Waals surface area contributed by atoms with Gasteiger partial charge in [-0.15, -0.1) is 0 Å².